The second-order valence-corrected chi connectivity index (χ2v) is 13.7. The summed E-state index contributed by atoms with van der Waals surface area (Å²) in [6, 6.07) is 16.8. The van der Waals surface area contributed by atoms with Crippen LogP contribution in [0.25, 0.3) is 0 Å². The van der Waals surface area contributed by atoms with E-state index >= 15 is 0 Å². The number of hydrogen-bond donors (Lipinski definition) is 1. The van der Waals surface area contributed by atoms with Crippen molar-refractivity contribution >= 4 is 19.0 Å². The van der Waals surface area contributed by atoms with Crippen LogP contribution in [0, 0.1) is 0 Å². The Kier molecular flexibility index (Phi) is 7.54. The highest BCUT2D eigenvalue weighted by atomic mass is 32.7. The normalized spacial score (nSPS) is 16.1. The zero-order valence-corrected chi connectivity index (χ0v) is 21.7. The van der Waals surface area contributed by atoms with Gasteiger partial charge < -0.3 is 9.05 Å². The first-order valence-corrected chi connectivity index (χ1v) is 14.1. The van der Waals surface area contributed by atoms with Crippen LogP contribution in [0.15, 0.2) is 53.3 Å². The number of thiol groups is 1. The fraction of sp³-hybridized carbons (Fsp3) is 0.538. The van der Waals surface area contributed by atoms with Crippen molar-refractivity contribution in [1.29, 1.82) is 0 Å². The lowest BCUT2D eigenvalue weighted by Gasteiger charge is -2.26. The second-order valence-electron chi connectivity index (χ2n) is 10.6. The topological polar surface area (TPSA) is 30.8 Å². The molecule has 0 aromatic heterocycles. The summed E-state index contributed by atoms with van der Waals surface area (Å²) in [6.07, 6.45) is 5.88. The fourth-order valence-corrected chi connectivity index (χ4v) is 6.35. The van der Waals surface area contributed by atoms with Gasteiger partial charge in [0.15, 0.2) is 0 Å². The maximum absolute atomic E-state index is 6.36. The van der Waals surface area contributed by atoms with Gasteiger partial charge in [0.25, 0.3) is 0 Å². The smallest absolute Gasteiger partial charge is 0.373 e. The van der Waals surface area contributed by atoms with Gasteiger partial charge in [-0.2, -0.15) is 0 Å². The Morgan fingerprint density at radius 3 is 1.45 bits per heavy atom. The molecule has 1 aliphatic rings. The molecule has 0 saturated heterocycles. The molecule has 3 nitrogen and oxygen atoms in total. The van der Waals surface area contributed by atoms with Crippen molar-refractivity contribution < 1.29 is 9.05 Å². The summed E-state index contributed by atoms with van der Waals surface area (Å²) in [7, 11) is 0. The molecule has 31 heavy (non-hydrogen) atoms. The zero-order chi connectivity index (χ0) is 22.7. The van der Waals surface area contributed by atoms with Gasteiger partial charge in [-0.1, -0.05) is 97.3 Å². The minimum Gasteiger partial charge on any atom is -0.423 e. The van der Waals surface area contributed by atoms with Crippen molar-refractivity contribution in [3.8, 4) is 11.5 Å². The molecule has 0 heterocycles. The van der Waals surface area contributed by atoms with Crippen LogP contribution in [0.4, 0.5) is 0 Å². The summed E-state index contributed by atoms with van der Waals surface area (Å²) in [5.41, 5.74) is 2.74. The van der Waals surface area contributed by atoms with Crippen molar-refractivity contribution in [3.63, 3.8) is 0 Å². The molecule has 0 unspecified atom stereocenters. The van der Waals surface area contributed by atoms with Crippen LogP contribution >= 0.6 is 19.0 Å². The van der Waals surface area contributed by atoms with Gasteiger partial charge in [0.05, 0.1) is 6.04 Å². The molecule has 2 aromatic carbocycles. The third-order valence-electron chi connectivity index (χ3n) is 5.77. The highest BCUT2D eigenvalue weighted by Crippen LogP contribution is 2.57. The van der Waals surface area contributed by atoms with E-state index in [4.69, 9.17) is 26.0 Å². The molecule has 0 spiro atoms. The average Bonchev–Trinajstić information content (AvgIpc) is 2.68. The van der Waals surface area contributed by atoms with E-state index in [0.29, 0.717) is 0 Å². The second kappa shape index (κ2) is 9.63. The summed E-state index contributed by atoms with van der Waals surface area (Å²) in [4.78, 5) is 0. The van der Waals surface area contributed by atoms with Crippen LogP contribution in [0.2, 0.25) is 0 Å². The van der Waals surface area contributed by atoms with E-state index in [-0.39, 0.29) is 16.9 Å². The lowest BCUT2D eigenvalue weighted by Crippen LogP contribution is -2.12. The van der Waals surface area contributed by atoms with Gasteiger partial charge in [0.2, 0.25) is 0 Å². The lowest BCUT2D eigenvalue weighted by molar-refractivity contribution is 0.429. The van der Waals surface area contributed by atoms with Crippen molar-refractivity contribution in [2.24, 2.45) is 4.74 Å². The van der Waals surface area contributed by atoms with Crippen LogP contribution in [0.3, 0.4) is 0 Å². The number of rotatable bonds is 5. The number of nitrogens with zero attached hydrogens (tertiary/aromatic N) is 1. The first-order valence-electron chi connectivity index (χ1n) is 11.4. The Balaban J connectivity index is 1.87. The van der Waals surface area contributed by atoms with E-state index in [0.717, 1.165) is 24.3 Å². The molecule has 0 amide bonds. The standard InChI is InChI=1S/C26H38NO2PS/c1-25(2,3)20-12-16-23(17-13-20)28-30(31,27-22-10-8-7-9-11-22)29-24-18-14-21(15-19-24)26(4,5)6/h12-19,22,31H,7-11H2,1-6H3. The van der Waals surface area contributed by atoms with E-state index in [1.807, 2.05) is 24.3 Å². The van der Waals surface area contributed by atoms with Gasteiger partial charge >= 0.3 is 6.71 Å². The van der Waals surface area contributed by atoms with Gasteiger partial charge in [-0.25, -0.2) is 4.74 Å². The molecule has 1 fully saturated rings. The largest absolute Gasteiger partial charge is 0.423 e. The molecular weight excluding hydrogens is 421 g/mol. The highest BCUT2D eigenvalue weighted by Gasteiger charge is 2.25. The van der Waals surface area contributed by atoms with Crippen LogP contribution in [0.1, 0.15) is 84.8 Å². The Labute approximate surface area is 194 Å². The van der Waals surface area contributed by atoms with E-state index in [1.54, 1.807) is 0 Å². The average molecular weight is 460 g/mol. The molecule has 0 N–H and O–H groups in total. The highest BCUT2D eigenvalue weighted by molar-refractivity contribution is 8.45. The third kappa shape index (κ3) is 7.05. The van der Waals surface area contributed by atoms with Crippen molar-refractivity contribution in [2.75, 3.05) is 0 Å². The van der Waals surface area contributed by atoms with Gasteiger partial charge in [-0.15, -0.1) is 0 Å². The molecule has 0 aliphatic heterocycles. The number of hydrogen-bond acceptors (Lipinski definition) is 3. The minimum atomic E-state index is -2.77. The Morgan fingerprint density at radius 1 is 0.710 bits per heavy atom. The Hall–Kier alpha value is -1.38. The third-order valence-corrected chi connectivity index (χ3v) is 8.09. The fourth-order valence-electron chi connectivity index (χ4n) is 3.77. The van der Waals surface area contributed by atoms with Crippen molar-refractivity contribution in [3.05, 3.63) is 59.7 Å². The van der Waals surface area contributed by atoms with Gasteiger partial charge in [-0.3, -0.25) is 0 Å². The SMILES string of the molecule is CC(C)(C)c1ccc(OP(S)(=NC2CCCCC2)Oc2ccc(C(C)(C)C)cc2)cc1. The number of benzene rings is 2. The lowest BCUT2D eigenvalue weighted by atomic mass is 9.87. The van der Waals surface area contributed by atoms with E-state index < -0.39 is 6.71 Å². The molecule has 1 aliphatic carbocycles. The van der Waals surface area contributed by atoms with E-state index in [9.17, 15) is 0 Å². The summed E-state index contributed by atoms with van der Waals surface area (Å²) < 4.78 is 17.8. The molecule has 3 rings (SSSR count). The molecule has 0 atom stereocenters. The summed E-state index contributed by atoms with van der Waals surface area (Å²) in [5.74, 6) is 1.50. The van der Waals surface area contributed by atoms with Crippen LogP contribution in [-0.2, 0) is 10.8 Å². The molecule has 1 saturated carbocycles. The Bertz CT molecular complexity index is 839. The molecule has 0 bridgehead atoms. The zero-order valence-electron chi connectivity index (χ0n) is 19.9. The van der Waals surface area contributed by atoms with Crippen molar-refractivity contribution in [2.45, 2.75) is 90.5 Å². The van der Waals surface area contributed by atoms with Gasteiger partial charge in [0, 0.05) is 0 Å². The molecule has 170 valence electrons. The summed E-state index contributed by atoms with van der Waals surface area (Å²) >= 11 is 4.92. The van der Waals surface area contributed by atoms with E-state index in [2.05, 4.69) is 65.8 Å². The first kappa shape index (κ1) is 24.3. The maximum Gasteiger partial charge on any atom is 0.373 e. The van der Waals surface area contributed by atoms with Crippen LogP contribution in [-0.4, -0.2) is 6.04 Å². The Morgan fingerprint density at radius 2 is 1.10 bits per heavy atom. The monoisotopic (exact) mass is 459 g/mol. The predicted octanol–water partition coefficient (Wildman–Crippen LogP) is 8.95. The maximum atomic E-state index is 6.36. The predicted molar refractivity (Wildman–Crippen MR) is 137 cm³/mol. The molecule has 0 radical (unpaired) electrons. The van der Waals surface area contributed by atoms with Crippen molar-refractivity contribution in [1.82, 2.24) is 0 Å². The summed E-state index contributed by atoms with van der Waals surface area (Å²) in [6.45, 7) is 10.5. The quantitative estimate of drug-likeness (QED) is 0.357. The van der Waals surface area contributed by atoms with Gasteiger partial charge in [0.1, 0.15) is 11.5 Å². The van der Waals surface area contributed by atoms with E-state index in [1.165, 1.54) is 30.4 Å². The molecular formula is C26H38NO2PS. The van der Waals surface area contributed by atoms with Crippen LogP contribution < -0.4 is 9.05 Å². The summed E-state index contributed by atoms with van der Waals surface area (Å²) in [5, 5.41) is 0. The molecule has 2 aromatic rings. The first-order chi connectivity index (χ1) is 14.4. The molecule has 5 heteroatoms. The van der Waals surface area contributed by atoms with Gasteiger partial charge in [-0.05, 0) is 59.1 Å². The van der Waals surface area contributed by atoms with Crippen LogP contribution in [0.5, 0.6) is 11.5 Å². The minimum absolute atomic E-state index is 0.101.